The molecule has 2 aromatic heterocycles. The minimum absolute atomic E-state index is 0. The minimum Gasteiger partial charge on any atom is -0.334 e. The summed E-state index contributed by atoms with van der Waals surface area (Å²) in [5.41, 5.74) is 5.95. The molecule has 2 rings (SSSR count). The molecule has 0 fully saturated rings. The van der Waals surface area contributed by atoms with Crippen LogP contribution in [-0.2, 0) is 19.5 Å². The number of nitrogens with zero attached hydrogens (tertiary/aromatic N) is 3. The van der Waals surface area contributed by atoms with Crippen LogP contribution in [0.5, 0.6) is 0 Å². The Morgan fingerprint density at radius 2 is 2.10 bits per heavy atom. The molecule has 1 amide bonds. The molecule has 0 bridgehead atoms. The zero-order valence-electron chi connectivity index (χ0n) is 11.7. The molecule has 2 heterocycles. The first kappa shape index (κ1) is 20.3. The molecule has 0 aliphatic carbocycles. The lowest BCUT2D eigenvalue weighted by Crippen LogP contribution is -2.26. The van der Waals surface area contributed by atoms with Gasteiger partial charge in [0.1, 0.15) is 15.7 Å². The number of halogens is 2. The number of aryl methyl sites for hydroxylation is 1. The topological polar surface area (TPSA) is 72.1 Å². The van der Waals surface area contributed by atoms with Crippen LogP contribution in [0.4, 0.5) is 0 Å². The second-order valence-electron chi connectivity index (χ2n) is 4.07. The zero-order valence-corrected chi connectivity index (χ0v) is 15.0. The standard InChI is InChI=1S/C12H16N4OS2.2ClH/c1-3-8-5-14-11(19-8)6-16(2)12(17)9-7-18-10(4-13)15-9;;/h5,7H,3-4,6,13H2,1-2H3;2*1H. The molecule has 118 valence electrons. The van der Waals surface area contributed by atoms with Gasteiger partial charge in [0.15, 0.2) is 0 Å². The predicted molar refractivity (Wildman–Crippen MR) is 91.8 cm³/mol. The number of thiazole rings is 2. The van der Waals surface area contributed by atoms with Crippen LogP contribution in [0.2, 0.25) is 0 Å². The quantitative estimate of drug-likeness (QED) is 0.880. The number of carbonyl (C=O) groups excluding carboxylic acids is 1. The maximum Gasteiger partial charge on any atom is 0.273 e. The smallest absolute Gasteiger partial charge is 0.273 e. The van der Waals surface area contributed by atoms with E-state index in [-0.39, 0.29) is 30.7 Å². The Hall–Kier alpha value is -0.730. The highest BCUT2D eigenvalue weighted by Crippen LogP contribution is 2.16. The van der Waals surface area contributed by atoms with Crippen molar-refractivity contribution >= 4 is 53.4 Å². The molecule has 0 aliphatic heterocycles. The molecular weight excluding hydrogens is 351 g/mol. The number of carbonyl (C=O) groups is 1. The molecule has 0 radical (unpaired) electrons. The van der Waals surface area contributed by atoms with Crippen LogP contribution in [0.25, 0.3) is 0 Å². The molecular formula is C12H18Cl2N4OS2. The van der Waals surface area contributed by atoms with Gasteiger partial charge in [-0.25, -0.2) is 9.97 Å². The minimum atomic E-state index is -0.0933. The van der Waals surface area contributed by atoms with Gasteiger partial charge in [-0.2, -0.15) is 0 Å². The fourth-order valence-corrected chi connectivity index (χ4v) is 3.12. The first-order valence-electron chi connectivity index (χ1n) is 5.97. The summed E-state index contributed by atoms with van der Waals surface area (Å²) in [4.78, 5) is 23.5. The Balaban J connectivity index is 0.00000200. The van der Waals surface area contributed by atoms with E-state index in [1.165, 1.54) is 16.2 Å². The van der Waals surface area contributed by atoms with Gasteiger partial charge < -0.3 is 10.6 Å². The van der Waals surface area contributed by atoms with Crippen LogP contribution in [0.15, 0.2) is 11.6 Å². The lowest BCUT2D eigenvalue weighted by molar-refractivity contribution is 0.0780. The van der Waals surface area contributed by atoms with Gasteiger partial charge in [-0.3, -0.25) is 4.79 Å². The molecule has 2 N–H and O–H groups in total. The number of nitrogens with two attached hydrogens (primary N) is 1. The second-order valence-corrected chi connectivity index (χ2v) is 6.21. The largest absolute Gasteiger partial charge is 0.334 e. The van der Waals surface area contributed by atoms with Crippen molar-refractivity contribution in [2.75, 3.05) is 7.05 Å². The summed E-state index contributed by atoms with van der Waals surface area (Å²) in [6.45, 7) is 2.97. The lowest BCUT2D eigenvalue weighted by atomic mass is 10.4. The highest BCUT2D eigenvalue weighted by molar-refractivity contribution is 7.11. The summed E-state index contributed by atoms with van der Waals surface area (Å²) in [6, 6.07) is 0. The maximum atomic E-state index is 12.2. The van der Waals surface area contributed by atoms with Crippen molar-refractivity contribution in [2.24, 2.45) is 5.73 Å². The van der Waals surface area contributed by atoms with Gasteiger partial charge >= 0.3 is 0 Å². The Morgan fingerprint density at radius 3 is 2.62 bits per heavy atom. The van der Waals surface area contributed by atoms with Gasteiger partial charge in [0.05, 0.1) is 6.54 Å². The van der Waals surface area contributed by atoms with E-state index < -0.39 is 0 Å². The summed E-state index contributed by atoms with van der Waals surface area (Å²) >= 11 is 3.05. The lowest BCUT2D eigenvalue weighted by Gasteiger charge is -2.13. The number of amides is 1. The first-order chi connectivity index (χ1) is 9.13. The highest BCUT2D eigenvalue weighted by atomic mass is 35.5. The van der Waals surface area contributed by atoms with E-state index in [0.717, 1.165) is 16.4 Å². The van der Waals surface area contributed by atoms with E-state index in [4.69, 9.17) is 5.73 Å². The van der Waals surface area contributed by atoms with E-state index in [9.17, 15) is 4.79 Å². The molecule has 0 unspecified atom stereocenters. The van der Waals surface area contributed by atoms with E-state index in [2.05, 4.69) is 16.9 Å². The van der Waals surface area contributed by atoms with Gasteiger partial charge in [0, 0.05) is 30.0 Å². The van der Waals surface area contributed by atoms with Gasteiger partial charge in [-0.05, 0) is 6.42 Å². The van der Waals surface area contributed by atoms with Crippen LogP contribution >= 0.6 is 47.5 Å². The van der Waals surface area contributed by atoms with E-state index in [0.29, 0.717) is 18.8 Å². The third-order valence-corrected chi connectivity index (χ3v) is 4.61. The van der Waals surface area contributed by atoms with Gasteiger partial charge in [0.2, 0.25) is 0 Å². The molecule has 9 heteroatoms. The number of hydrogen-bond donors (Lipinski definition) is 1. The molecule has 0 spiro atoms. The van der Waals surface area contributed by atoms with Crippen molar-refractivity contribution in [3.8, 4) is 0 Å². The van der Waals surface area contributed by atoms with Crippen LogP contribution < -0.4 is 5.73 Å². The summed E-state index contributed by atoms with van der Waals surface area (Å²) in [7, 11) is 1.76. The van der Waals surface area contributed by atoms with Crippen molar-refractivity contribution in [2.45, 2.75) is 26.4 Å². The van der Waals surface area contributed by atoms with E-state index in [1.54, 1.807) is 28.7 Å². The molecule has 0 aromatic carbocycles. The van der Waals surface area contributed by atoms with Crippen LogP contribution in [0, 0.1) is 0 Å². The Bertz CT molecular complexity index is 573. The highest BCUT2D eigenvalue weighted by Gasteiger charge is 2.16. The maximum absolute atomic E-state index is 12.2. The predicted octanol–water partition coefficient (Wildman–Crippen LogP) is 2.74. The second kappa shape index (κ2) is 9.32. The summed E-state index contributed by atoms with van der Waals surface area (Å²) < 4.78 is 0. The third-order valence-electron chi connectivity index (χ3n) is 2.61. The van der Waals surface area contributed by atoms with Crippen molar-refractivity contribution in [3.05, 3.63) is 32.2 Å². The molecule has 21 heavy (non-hydrogen) atoms. The molecule has 0 aliphatic rings. The summed E-state index contributed by atoms with van der Waals surface area (Å²) in [5, 5.41) is 3.47. The average molecular weight is 369 g/mol. The fraction of sp³-hybridized carbons (Fsp3) is 0.417. The summed E-state index contributed by atoms with van der Waals surface area (Å²) in [5.74, 6) is -0.0933. The Labute approximate surface area is 144 Å². The normalized spacial score (nSPS) is 9.67. The number of aromatic nitrogens is 2. The SMILES string of the molecule is CCc1cnc(CN(C)C(=O)c2csc(CN)n2)s1.Cl.Cl. The number of rotatable bonds is 5. The van der Waals surface area contributed by atoms with Crippen LogP contribution in [-0.4, -0.2) is 27.8 Å². The fourth-order valence-electron chi connectivity index (χ4n) is 1.56. The Kier molecular flexibility index (Phi) is 9.00. The Morgan fingerprint density at radius 1 is 1.38 bits per heavy atom. The molecule has 0 atom stereocenters. The molecule has 0 saturated carbocycles. The molecule has 5 nitrogen and oxygen atoms in total. The van der Waals surface area contributed by atoms with E-state index in [1.807, 2.05) is 6.20 Å². The van der Waals surface area contributed by atoms with Crippen molar-refractivity contribution in [1.29, 1.82) is 0 Å². The van der Waals surface area contributed by atoms with E-state index >= 15 is 0 Å². The monoisotopic (exact) mass is 368 g/mol. The molecule has 2 aromatic rings. The van der Waals surface area contributed by atoms with Crippen LogP contribution in [0.3, 0.4) is 0 Å². The molecule has 0 saturated heterocycles. The van der Waals surface area contributed by atoms with Crippen LogP contribution in [0.1, 0.15) is 32.3 Å². The van der Waals surface area contributed by atoms with Crippen molar-refractivity contribution in [1.82, 2.24) is 14.9 Å². The summed E-state index contributed by atoms with van der Waals surface area (Å²) in [6.07, 6.45) is 2.84. The van der Waals surface area contributed by atoms with Gasteiger partial charge in [-0.15, -0.1) is 47.5 Å². The van der Waals surface area contributed by atoms with Gasteiger partial charge in [0.25, 0.3) is 5.91 Å². The van der Waals surface area contributed by atoms with Gasteiger partial charge in [-0.1, -0.05) is 6.92 Å². The van der Waals surface area contributed by atoms with Crippen molar-refractivity contribution in [3.63, 3.8) is 0 Å². The number of hydrogen-bond acceptors (Lipinski definition) is 6. The average Bonchev–Trinajstić information content (AvgIpc) is 3.06. The third kappa shape index (κ3) is 5.19. The zero-order chi connectivity index (χ0) is 13.8. The first-order valence-corrected chi connectivity index (χ1v) is 7.67. The van der Waals surface area contributed by atoms with Crippen molar-refractivity contribution < 1.29 is 4.79 Å².